The van der Waals surface area contributed by atoms with Gasteiger partial charge in [0.15, 0.2) is 0 Å². The van der Waals surface area contributed by atoms with Crippen LogP contribution >= 0.6 is 11.6 Å². The zero-order valence-electron chi connectivity index (χ0n) is 10.7. The minimum Gasteiger partial charge on any atom is -0.478 e. The molecule has 0 saturated heterocycles. The van der Waals surface area contributed by atoms with E-state index >= 15 is 0 Å². The first-order valence-corrected chi connectivity index (χ1v) is 6.52. The molecule has 0 amide bonds. The number of nitrogens with one attached hydrogen (secondary N) is 1. The van der Waals surface area contributed by atoms with Crippen LogP contribution in [0.15, 0.2) is 48.8 Å². The van der Waals surface area contributed by atoms with Crippen LogP contribution in [0.1, 0.15) is 10.4 Å². The van der Waals surface area contributed by atoms with Gasteiger partial charge in [-0.25, -0.2) is 14.8 Å². The van der Waals surface area contributed by atoms with Gasteiger partial charge in [0.1, 0.15) is 11.6 Å². The molecule has 2 aromatic heterocycles. The molecular weight excluding hydrogens is 290 g/mol. The average molecular weight is 300 g/mol. The number of aromatic nitrogens is 2. The molecular formula is C15H10ClN3O2. The van der Waals surface area contributed by atoms with Crippen LogP contribution in [0.25, 0.3) is 10.8 Å². The minimum atomic E-state index is -1.01. The first-order valence-electron chi connectivity index (χ1n) is 6.14. The monoisotopic (exact) mass is 299 g/mol. The Bertz CT molecular complexity index is 819. The van der Waals surface area contributed by atoms with Crippen molar-refractivity contribution in [2.24, 2.45) is 0 Å². The molecule has 0 bridgehead atoms. The van der Waals surface area contributed by atoms with Crippen molar-refractivity contribution in [1.29, 1.82) is 0 Å². The molecule has 0 fully saturated rings. The molecule has 0 unspecified atom stereocenters. The summed E-state index contributed by atoms with van der Waals surface area (Å²) in [5.74, 6) is 0.120. The van der Waals surface area contributed by atoms with E-state index in [2.05, 4.69) is 15.3 Å². The van der Waals surface area contributed by atoms with Gasteiger partial charge in [-0.05, 0) is 35.7 Å². The fourth-order valence-electron chi connectivity index (χ4n) is 1.96. The highest BCUT2D eigenvalue weighted by atomic mass is 35.5. The molecule has 0 atom stereocenters. The number of carbonyl (C=O) groups is 1. The largest absolute Gasteiger partial charge is 0.478 e. The molecule has 0 spiro atoms. The number of fused-ring (bicyclic) bond motifs is 1. The van der Waals surface area contributed by atoms with Gasteiger partial charge in [-0.1, -0.05) is 17.7 Å². The summed E-state index contributed by atoms with van der Waals surface area (Å²) in [6.45, 7) is 0. The number of pyridine rings is 2. The summed E-state index contributed by atoms with van der Waals surface area (Å²) in [5.41, 5.74) is 0.134. The van der Waals surface area contributed by atoms with Gasteiger partial charge in [0, 0.05) is 22.8 Å². The van der Waals surface area contributed by atoms with Crippen molar-refractivity contribution in [2.45, 2.75) is 0 Å². The number of nitrogens with zero attached hydrogens (tertiary/aromatic N) is 2. The molecule has 104 valence electrons. The van der Waals surface area contributed by atoms with E-state index in [1.54, 1.807) is 12.3 Å². The molecule has 0 aliphatic carbocycles. The first-order chi connectivity index (χ1) is 10.1. The number of benzene rings is 1. The summed E-state index contributed by atoms with van der Waals surface area (Å²) in [7, 11) is 0. The third-order valence-electron chi connectivity index (χ3n) is 2.99. The standard InChI is InChI=1S/C15H10ClN3O2/c16-11-3-1-9-5-6-17-14(12(9)7-11)19-13-4-2-10(8-18-13)15(20)21/h1-8H,(H,20,21)(H,17,18,19). The molecule has 2 N–H and O–H groups in total. The fourth-order valence-corrected chi connectivity index (χ4v) is 2.13. The normalized spacial score (nSPS) is 10.5. The smallest absolute Gasteiger partial charge is 0.337 e. The number of halogens is 1. The first kappa shape index (κ1) is 13.3. The Morgan fingerprint density at radius 1 is 1.14 bits per heavy atom. The van der Waals surface area contributed by atoms with Crippen molar-refractivity contribution >= 4 is 40.0 Å². The van der Waals surface area contributed by atoms with Crippen LogP contribution in [-0.4, -0.2) is 21.0 Å². The summed E-state index contributed by atoms with van der Waals surface area (Å²) >= 11 is 6.01. The second kappa shape index (κ2) is 5.38. The third-order valence-corrected chi connectivity index (χ3v) is 3.22. The van der Waals surface area contributed by atoms with E-state index in [0.717, 1.165) is 10.8 Å². The van der Waals surface area contributed by atoms with E-state index in [1.165, 1.54) is 12.3 Å². The Hall–Kier alpha value is -2.66. The van der Waals surface area contributed by atoms with Gasteiger partial charge >= 0.3 is 5.97 Å². The highest BCUT2D eigenvalue weighted by molar-refractivity contribution is 6.31. The second-order valence-corrected chi connectivity index (χ2v) is 4.82. The van der Waals surface area contributed by atoms with Gasteiger partial charge in [0.2, 0.25) is 0 Å². The molecule has 1 aromatic carbocycles. The van der Waals surface area contributed by atoms with Gasteiger partial charge in [-0.15, -0.1) is 0 Å². The van der Waals surface area contributed by atoms with Gasteiger partial charge in [0.05, 0.1) is 5.56 Å². The molecule has 0 aliphatic rings. The Morgan fingerprint density at radius 3 is 2.71 bits per heavy atom. The van der Waals surface area contributed by atoms with Crippen molar-refractivity contribution in [2.75, 3.05) is 5.32 Å². The maximum Gasteiger partial charge on any atom is 0.337 e. The number of aromatic carboxylic acids is 1. The van der Waals surface area contributed by atoms with Crippen LogP contribution in [0.2, 0.25) is 5.02 Å². The van der Waals surface area contributed by atoms with E-state index in [1.807, 2.05) is 24.3 Å². The van der Waals surface area contributed by atoms with Crippen LogP contribution < -0.4 is 5.32 Å². The number of carboxylic acid groups (broad SMARTS) is 1. The molecule has 0 radical (unpaired) electrons. The highest BCUT2D eigenvalue weighted by Crippen LogP contribution is 2.26. The Kier molecular flexibility index (Phi) is 3.41. The fraction of sp³-hybridized carbons (Fsp3) is 0. The Morgan fingerprint density at radius 2 is 2.00 bits per heavy atom. The van der Waals surface area contributed by atoms with Crippen molar-refractivity contribution in [1.82, 2.24) is 9.97 Å². The maximum absolute atomic E-state index is 10.8. The maximum atomic E-state index is 10.8. The topological polar surface area (TPSA) is 75.1 Å². The summed E-state index contributed by atoms with van der Waals surface area (Å²) < 4.78 is 0. The SMILES string of the molecule is O=C(O)c1ccc(Nc2nccc3ccc(Cl)cc23)nc1. The van der Waals surface area contributed by atoms with Crippen LogP contribution in [0.4, 0.5) is 11.6 Å². The number of anilines is 2. The number of carboxylic acids is 1. The van der Waals surface area contributed by atoms with Crippen LogP contribution in [-0.2, 0) is 0 Å². The molecule has 2 heterocycles. The van der Waals surface area contributed by atoms with Crippen LogP contribution in [0.3, 0.4) is 0 Å². The molecule has 6 heteroatoms. The van der Waals surface area contributed by atoms with Crippen LogP contribution in [0.5, 0.6) is 0 Å². The molecule has 21 heavy (non-hydrogen) atoms. The van der Waals surface area contributed by atoms with E-state index < -0.39 is 5.97 Å². The Balaban J connectivity index is 1.97. The molecule has 3 rings (SSSR count). The number of hydrogen-bond donors (Lipinski definition) is 2. The summed E-state index contributed by atoms with van der Waals surface area (Å²) in [6, 6.07) is 10.5. The van der Waals surface area contributed by atoms with Gasteiger partial charge in [-0.3, -0.25) is 0 Å². The van der Waals surface area contributed by atoms with Gasteiger partial charge in [0.25, 0.3) is 0 Å². The van der Waals surface area contributed by atoms with Crippen LogP contribution in [0, 0.1) is 0 Å². The van der Waals surface area contributed by atoms with Crippen molar-refractivity contribution < 1.29 is 9.90 Å². The molecule has 3 aromatic rings. The predicted molar refractivity (Wildman–Crippen MR) is 81.2 cm³/mol. The molecule has 5 nitrogen and oxygen atoms in total. The van der Waals surface area contributed by atoms with E-state index in [9.17, 15) is 4.79 Å². The van der Waals surface area contributed by atoms with Crippen molar-refractivity contribution in [3.63, 3.8) is 0 Å². The van der Waals surface area contributed by atoms with Crippen molar-refractivity contribution in [3.8, 4) is 0 Å². The zero-order valence-corrected chi connectivity index (χ0v) is 11.5. The quantitative estimate of drug-likeness (QED) is 0.771. The van der Waals surface area contributed by atoms with Crippen molar-refractivity contribution in [3.05, 3.63) is 59.4 Å². The van der Waals surface area contributed by atoms with Gasteiger partial charge in [-0.2, -0.15) is 0 Å². The number of hydrogen-bond acceptors (Lipinski definition) is 4. The summed E-state index contributed by atoms with van der Waals surface area (Å²) in [4.78, 5) is 19.1. The summed E-state index contributed by atoms with van der Waals surface area (Å²) in [5, 5.41) is 14.4. The number of rotatable bonds is 3. The van der Waals surface area contributed by atoms with E-state index in [-0.39, 0.29) is 5.56 Å². The minimum absolute atomic E-state index is 0.134. The average Bonchev–Trinajstić information content (AvgIpc) is 2.48. The lowest BCUT2D eigenvalue weighted by Crippen LogP contribution is -2.00. The third kappa shape index (κ3) is 2.78. The van der Waals surface area contributed by atoms with E-state index in [4.69, 9.17) is 16.7 Å². The lowest BCUT2D eigenvalue weighted by atomic mass is 10.1. The predicted octanol–water partition coefficient (Wildman–Crippen LogP) is 3.73. The molecule has 0 aliphatic heterocycles. The van der Waals surface area contributed by atoms with E-state index in [0.29, 0.717) is 16.7 Å². The Labute approximate surface area is 125 Å². The second-order valence-electron chi connectivity index (χ2n) is 4.39. The highest BCUT2D eigenvalue weighted by Gasteiger charge is 2.06. The lowest BCUT2D eigenvalue weighted by molar-refractivity contribution is 0.0696. The lowest BCUT2D eigenvalue weighted by Gasteiger charge is -2.08. The summed E-state index contributed by atoms with van der Waals surface area (Å²) in [6.07, 6.45) is 2.98. The van der Waals surface area contributed by atoms with Gasteiger partial charge < -0.3 is 10.4 Å². The zero-order chi connectivity index (χ0) is 14.8. The molecule has 0 saturated carbocycles.